The number of rotatable bonds is 4. The van der Waals surface area contributed by atoms with Crippen LogP contribution in [0.4, 0.5) is 5.69 Å². The summed E-state index contributed by atoms with van der Waals surface area (Å²) in [6, 6.07) is 23.6. The number of nitrogens with one attached hydrogen (secondary N) is 1. The lowest BCUT2D eigenvalue weighted by Crippen LogP contribution is -2.29. The van der Waals surface area contributed by atoms with Crippen LogP contribution in [0, 0.1) is 34.6 Å². The average Bonchev–Trinajstić information content (AvgIpc) is 3.30. The summed E-state index contributed by atoms with van der Waals surface area (Å²) in [5.74, 6) is 0. The summed E-state index contributed by atoms with van der Waals surface area (Å²) in [7, 11) is 0. The molecule has 5 heteroatoms. The van der Waals surface area contributed by atoms with E-state index in [4.69, 9.17) is 17.2 Å². The van der Waals surface area contributed by atoms with Crippen LogP contribution < -0.4 is 10.2 Å². The van der Waals surface area contributed by atoms with E-state index in [1.165, 1.54) is 39.3 Å². The molecule has 0 aliphatic carbocycles. The van der Waals surface area contributed by atoms with E-state index in [1.807, 2.05) is 18.3 Å². The Morgan fingerprint density at radius 2 is 1.50 bits per heavy atom. The molecule has 2 aromatic heterocycles. The molecule has 1 aliphatic heterocycles. The fraction of sp³-hybridized carbons (Fsp3) is 0.241. The van der Waals surface area contributed by atoms with E-state index < -0.39 is 0 Å². The first-order chi connectivity index (χ1) is 16.3. The van der Waals surface area contributed by atoms with Gasteiger partial charge in [-0.3, -0.25) is 4.98 Å². The van der Waals surface area contributed by atoms with E-state index in [9.17, 15) is 0 Å². The van der Waals surface area contributed by atoms with Gasteiger partial charge in [0.15, 0.2) is 5.11 Å². The molecule has 0 amide bonds. The van der Waals surface area contributed by atoms with E-state index >= 15 is 0 Å². The van der Waals surface area contributed by atoms with Gasteiger partial charge in [0.25, 0.3) is 0 Å². The first-order valence-electron chi connectivity index (χ1n) is 11.7. The largest absolute Gasteiger partial charge is 0.351 e. The van der Waals surface area contributed by atoms with Gasteiger partial charge in [-0.1, -0.05) is 29.8 Å². The van der Waals surface area contributed by atoms with E-state index in [0.29, 0.717) is 0 Å². The highest BCUT2D eigenvalue weighted by Gasteiger charge is 2.42. The van der Waals surface area contributed by atoms with Crippen molar-refractivity contribution in [3.05, 3.63) is 112 Å². The first-order valence-corrected chi connectivity index (χ1v) is 12.1. The normalized spacial score (nSPS) is 17.8. The minimum atomic E-state index is -0.0542. The Labute approximate surface area is 207 Å². The van der Waals surface area contributed by atoms with Gasteiger partial charge in [-0.2, -0.15) is 0 Å². The van der Waals surface area contributed by atoms with E-state index in [2.05, 4.69) is 104 Å². The second-order valence-corrected chi connectivity index (χ2v) is 9.73. The molecule has 5 rings (SSSR count). The third kappa shape index (κ3) is 3.90. The highest BCUT2D eigenvalue weighted by atomic mass is 32.1. The Kier molecular flexibility index (Phi) is 5.74. The van der Waals surface area contributed by atoms with Crippen molar-refractivity contribution in [2.75, 3.05) is 4.90 Å². The first kappa shape index (κ1) is 22.4. The van der Waals surface area contributed by atoms with Crippen molar-refractivity contribution in [2.24, 2.45) is 0 Å². The molecule has 3 heterocycles. The van der Waals surface area contributed by atoms with Crippen LogP contribution in [-0.4, -0.2) is 14.7 Å². The molecule has 1 N–H and O–H groups in total. The number of nitrogens with zero attached hydrogens (tertiary/aromatic N) is 3. The number of thiocarbonyl (C=S) groups is 1. The van der Waals surface area contributed by atoms with Crippen LogP contribution >= 0.6 is 12.2 Å². The maximum Gasteiger partial charge on any atom is 0.174 e. The maximum absolute atomic E-state index is 5.93. The number of pyridine rings is 1. The molecule has 0 bridgehead atoms. The minimum Gasteiger partial charge on any atom is -0.351 e. The van der Waals surface area contributed by atoms with E-state index in [1.54, 1.807) is 0 Å². The molecule has 0 saturated carbocycles. The van der Waals surface area contributed by atoms with Crippen molar-refractivity contribution >= 4 is 23.0 Å². The van der Waals surface area contributed by atoms with Gasteiger partial charge < -0.3 is 14.8 Å². The van der Waals surface area contributed by atoms with Crippen molar-refractivity contribution in [3.8, 4) is 5.69 Å². The van der Waals surface area contributed by atoms with Gasteiger partial charge >= 0.3 is 0 Å². The van der Waals surface area contributed by atoms with Crippen molar-refractivity contribution in [1.29, 1.82) is 0 Å². The molecule has 1 saturated heterocycles. The third-order valence-electron chi connectivity index (χ3n) is 6.66. The summed E-state index contributed by atoms with van der Waals surface area (Å²) in [6.45, 7) is 10.8. The molecule has 1 fully saturated rings. The molecule has 1 aliphatic rings. The molecule has 34 heavy (non-hydrogen) atoms. The van der Waals surface area contributed by atoms with E-state index in [0.717, 1.165) is 16.5 Å². The Morgan fingerprint density at radius 3 is 2.15 bits per heavy atom. The molecule has 0 unspecified atom stereocenters. The predicted octanol–water partition coefficient (Wildman–Crippen LogP) is 6.59. The summed E-state index contributed by atoms with van der Waals surface area (Å²) >= 11 is 5.93. The molecule has 172 valence electrons. The van der Waals surface area contributed by atoms with Crippen LogP contribution in [0.25, 0.3) is 5.69 Å². The number of aryl methyl sites for hydroxylation is 4. The molecule has 0 spiro atoms. The zero-order valence-corrected chi connectivity index (χ0v) is 21.1. The molecule has 4 nitrogen and oxygen atoms in total. The van der Waals surface area contributed by atoms with Crippen LogP contribution in [-0.2, 0) is 0 Å². The Bertz CT molecular complexity index is 1330. The Balaban J connectivity index is 1.69. The zero-order valence-electron chi connectivity index (χ0n) is 20.3. The minimum absolute atomic E-state index is 0.0194. The van der Waals surface area contributed by atoms with Crippen LogP contribution in [0.5, 0.6) is 0 Å². The molecule has 0 radical (unpaired) electrons. The zero-order chi connectivity index (χ0) is 24.0. The lowest BCUT2D eigenvalue weighted by Gasteiger charge is -2.29. The molecular formula is C29H30N4S. The summed E-state index contributed by atoms with van der Waals surface area (Å²) in [6.07, 6.45) is 1.85. The second kappa shape index (κ2) is 8.73. The standard InChI is InChI=1S/C29H30N4S/c1-18-9-11-23(12-10-18)32-21(4)17-25(22(32)5)28-27(26-8-6-7-13-30-26)31-29(34)33(28)24-15-19(2)14-20(3)16-24/h6-17,27-28H,1-5H3,(H,31,34)/t27-,28-/m0/s1. The van der Waals surface area contributed by atoms with Gasteiger partial charge in [0.05, 0.1) is 17.8 Å². The van der Waals surface area contributed by atoms with Gasteiger partial charge in [0, 0.05) is 29.0 Å². The lowest BCUT2D eigenvalue weighted by molar-refractivity contribution is 0.565. The number of aromatic nitrogens is 2. The number of hydrogen-bond acceptors (Lipinski definition) is 2. The maximum atomic E-state index is 5.93. The summed E-state index contributed by atoms with van der Waals surface area (Å²) < 4.78 is 2.34. The molecular weight excluding hydrogens is 436 g/mol. The smallest absolute Gasteiger partial charge is 0.174 e. The highest BCUT2D eigenvalue weighted by Crippen LogP contribution is 2.44. The van der Waals surface area contributed by atoms with Gasteiger partial charge in [-0.25, -0.2) is 0 Å². The molecule has 2 aromatic carbocycles. The fourth-order valence-electron chi connectivity index (χ4n) is 5.22. The van der Waals surface area contributed by atoms with Crippen LogP contribution in [0.15, 0.2) is 72.9 Å². The summed E-state index contributed by atoms with van der Waals surface area (Å²) in [5.41, 5.74) is 10.6. The van der Waals surface area contributed by atoms with Crippen LogP contribution in [0.1, 0.15) is 51.4 Å². The highest BCUT2D eigenvalue weighted by molar-refractivity contribution is 7.80. The predicted molar refractivity (Wildman–Crippen MR) is 144 cm³/mol. The topological polar surface area (TPSA) is 33.1 Å². The van der Waals surface area contributed by atoms with Crippen molar-refractivity contribution in [1.82, 2.24) is 14.9 Å². The van der Waals surface area contributed by atoms with Crippen LogP contribution in [0.2, 0.25) is 0 Å². The number of hydrogen-bond donors (Lipinski definition) is 1. The monoisotopic (exact) mass is 466 g/mol. The van der Waals surface area contributed by atoms with E-state index in [-0.39, 0.29) is 12.1 Å². The summed E-state index contributed by atoms with van der Waals surface area (Å²) in [4.78, 5) is 6.98. The van der Waals surface area contributed by atoms with Crippen LogP contribution in [0.3, 0.4) is 0 Å². The summed E-state index contributed by atoms with van der Waals surface area (Å²) in [5, 5.41) is 4.32. The van der Waals surface area contributed by atoms with Crippen molar-refractivity contribution in [3.63, 3.8) is 0 Å². The van der Waals surface area contributed by atoms with Gasteiger partial charge in [-0.15, -0.1) is 0 Å². The van der Waals surface area contributed by atoms with Gasteiger partial charge in [-0.05, 0) is 106 Å². The SMILES string of the molecule is Cc1ccc(-n2c(C)cc([C@H]3[C@H](c4ccccn4)NC(=S)N3c3cc(C)cc(C)c3)c2C)cc1. The molecule has 4 aromatic rings. The third-order valence-corrected chi connectivity index (χ3v) is 6.98. The number of benzene rings is 2. The van der Waals surface area contributed by atoms with Gasteiger partial charge in [0.2, 0.25) is 0 Å². The Morgan fingerprint density at radius 1 is 0.794 bits per heavy atom. The second-order valence-electron chi connectivity index (χ2n) is 9.34. The average molecular weight is 467 g/mol. The van der Waals surface area contributed by atoms with Crippen molar-refractivity contribution in [2.45, 2.75) is 46.7 Å². The van der Waals surface area contributed by atoms with Gasteiger partial charge in [0.1, 0.15) is 0 Å². The van der Waals surface area contributed by atoms with Crippen molar-refractivity contribution < 1.29 is 0 Å². The fourth-order valence-corrected chi connectivity index (χ4v) is 5.56. The number of anilines is 1. The lowest BCUT2D eigenvalue weighted by atomic mass is 9.96. The molecule has 2 atom stereocenters. The quantitative estimate of drug-likeness (QED) is 0.344. The Hall–Kier alpha value is -3.44.